The van der Waals surface area contributed by atoms with E-state index < -0.39 is 12.6 Å². The molecule has 3 aromatic carbocycles. The van der Waals surface area contributed by atoms with E-state index in [2.05, 4.69) is 37.2 Å². The summed E-state index contributed by atoms with van der Waals surface area (Å²) in [6, 6.07) is 17.9. The highest BCUT2D eigenvalue weighted by Crippen LogP contribution is 2.38. The molecule has 3 N–H and O–H groups in total. The van der Waals surface area contributed by atoms with Crippen molar-refractivity contribution in [3.63, 3.8) is 0 Å². The number of hydrogen-bond donors (Lipinski definition) is 3. The lowest BCUT2D eigenvalue weighted by Gasteiger charge is -2.20. The fraction of sp³-hybridized carbons (Fsp3) is 0.341. The number of carboxylic acid groups (broad SMARTS) is 1. The fourth-order valence-electron chi connectivity index (χ4n) is 7.89. The zero-order valence-corrected chi connectivity index (χ0v) is 31.0. The van der Waals surface area contributed by atoms with E-state index in [1.54, 1.807) is 20.4 Å². The summed E-state index contributed by atoms with van der Waals surface area (Å²) in [6.07, 6.45) is 4.64. The van der Waals surface area contributed by atoms with Crippen LogP contribution in [-0.4, -0.2) is 97.2 Å². The summed E-state index contributed by atoms with van der Waals surface area (Å²) < 4.78 is 27.7. The van der Waals surface area contributed by atoms with Crippen LogP contribution in [0.5, 0.6) is 11.5 Å². The summed E-state index contributed by atoms with van der Waals surface area (Å²) in [7, 11) is 3.30. The van der Waals surface area contributed by atoms with Gasteiger partial charge < -0.3 is 25.0 Å². The van der Waals surface area contributed by atoms with Gasteiger partial charge in [-0.1, -0.05) is 24.3 Å². The van der Waals surface area contributed by atoms with Crippen LogP contribution in [0.15, 0.2) is 67.0 Å². The average molecular weight is 747 g/mol. The van der Waals surface area contributed by atoms with Gasteiger partial charge in [-0.2, -0.15) is 5.10 Å². The van der Waals surface area contributed by atoms with E-state index in [0.29, 0.717) is 67.5 Å². The van der Waals surface area contributed by atoms with Gasteiger partial charge in [-0.3, -0.25) is 19.6 Å². The van der Waals surface area contributed by atoms with Crippen LogP contribution in [0.3, 0.4) is 0 Å². The first-order valence-electron chi connectivity index (χ1n) is 18.4. The number of benzene rings is 3. The van der Waals surface area contributed by atoms with E-state index in [-0.39, 0.29) is 17.8 Å². The third-order valence-electron chi connectivity index (χ3n) is 10.7. The quantitative estimate of drug-likeness (QED) is 0.134. The van der Waals surface area contributed by atoms with Gasteiger partial charge in [0.2, 0.25) is 0 Å². The smallest absolute Gasteiger partial charge is 0.307 e. The number of nitrogens with zero attached hydrogens (tertiary/aromatic N) is 7. The first kappa shape index (κ1) is 36.3. The average Bonchev–Trinajstić information content (AvgIpc) is 3.95. The van der Waals surface area contributed by atoms with Crippen LogP contribution in [0.2, 0.25) is 0 Å². The molecule has 0 spiro atoms. The lowest BCUT2D eigenvalue weighted by Crippen LogP contribution is -2.22. The molecule has 0 amide bonds. The largest absolute Gasteiger partial charge is 0.496 e. The second-order valence-electron chi connectivity index (χ2n) is 14.3. The number of anilines is 2. The zero-order valence-electron chi connectivity index (χ0n) is 31.0. The number of aliphatic carboxylic acids is 1. The van der Waals surface area contributed by atoms with Crippen LogP contribution in [-0.2, 0) is 24.6 Å². The lowest BCUT2D eigenvalue weighted by atomic mass is 9.96. The number of carboxylic acids is 1. The number of alkyl halides is 1. The number of fused-ring (bicyclic) bond motifs is 2. The van der Waals surface area contributed by atoms with Gasteiger partial charge in [0.1, 0.15) is 23.7 Å². The van der Waals surface area contributed by atoms with E-state index in [1.807, 2.05) is 60.3 Å². The van der Waals surface area contributed by atoms with Crippen molar-refractivity contribution >= 4 is 39.4 Å². The topological polar surface area (TPSA) is 151 Å². The number of likely N-dealkylation sites (tertiary alicyclic amines) is 2. The SMILES string of the molecule is COc1cc(-n2ncc3c(-c4cccc(Nc5nc(CF)nc6cc(CN7CC[C@@H](C(=O)O)C7)cnc56)c4C)cccc32)cc(OC)c1CN1CC[C@@H](O)C1. The van der Waals surface area contributed by atoms with Gasteiger partial charge >= 0.3 is 5.97 Å². The Kier molecular flexibility index (Phi) is 10.0. The van der Waals surface area contributed by atoms with Crippen molar-refractivity contribution < 1.29 is 28.9 Å². The number of aromatic nitrogens is 5. The minimum Gasteiger partial charge on any atom is -0.496 e. The molecule has 284 valence electrons. The molecular formula is C41H43FN8O5. The molecule has 8 rings (SSSR count). The Morgan fingerprint density at radius 3 is 2.40 bits per heavy atom. The molecule has 55 heavy (non-hydrogen) atoms. The van der Waals surface area contributed by atoms with Crippen LogP contribution in [0, 0.1) is 12.8 Å². The van der Waals surface area contributed by atoms with Gasteiger partial charge in [-0.25, -0.2) is 19.0 Å². The van der Waals surface area contributed by atoms with Crippen molar-refractivity contribution in [2.45, 2.75) is 45.6 Å². The van der Waals surface area contributed by atoms with Crippen molar-refractivity contribution in [2.24, 2.45) is 5.92 Å². The Labute approximate surface area is 317 Å². The highest BCUT2D eigenvalue weighted by molar-refractivity contribution is 5.97. The predicted octanol–water partition coefficient (Wildman–Crippen LogP) is 6.04. The molecule has 2 atom stereocenters. The number of halogens is 1. The van der Waals surface area contributed by atoms with Gasteiger partial charge in [0, 0.05) is 62.1 Å². The molecule has 2 fully saturated rings. The van der Waals surface area contributed by atoms with Gasteiger partial charge in [0.25, 0.3) is 0 Å². The molecule has 2 saturated heterocycles. The van der Waals surface area contributed by atoms with Crippen LogP contribution in [0.4, 0.5) is 15.9 Å². The minimum atomic E-state index is -0.838. The molecule has 14 heteroatoms. The summed E-state index contributed by atoms with van der Waals surface area (Å²) in [5.74, 6) is 0.660. The summed E-state index contributed by atoms with van der Waals surface area (Å²) in [5.41, 5.74) is 8.21. The standard InChI is InChI=1S/C41H43FN8O5/c1-24-29(6-4-8-33(24)46-40-39-34(45-38(17-42)47-40)14-25(18-43-39)20-48-12-10-26(21-48)41(52)53)30-7-5-9-35-31(30)19-44-50(35)27-15-36(54-2)32(37(16-27)55-3)23-49-13-11-28(51)22-49/h4-9,14-16,18-19,26,28,51H,10-13,17,20-23H2,1-3H3,(H,52,53)(H,45,46,47)/t26-,28-/m1/s1. The molecule has 2 aliphatic rings. The highest BCUT2D eigenvalue weighted by atomic mass is 19.1. The van der Waals surface area contributed by atoms with E-state index in [4.69, 9.17) is 19.6 Å². The Morgan fingerprint density at radius 1 is 0.945 bits per heavy atom. The molecule has 0 saturated carbocycles. The molecular weight excluding hydrogens is 704 g/mol. The molecule has 0 bridgehead atoms. The monoisotopic (exact) mass is 746 g/mol. The van der Waals surface area contributed by atoms with E-state index in [0.717, 1.165) is 63.1 Å². The second-order valence-corrected chi connectivity index (χ2v) is 14.3. The number of nitrogens with one attached hydrogen (secondary N) is 1. The molecule has 0 unspecified atom stereocenters. The predicted molar refractivity (Wildman–Crippen MR) is 207 cm³/mol. The minimum absolute atomic E-state index is 0.0446. The molecule has 0 radical (unpaired) electrons. The second kappa shape index (κ2) is 15.2. The third kappa shape index (κ3) is 7.15. The van der Waals surface area contributed by atoms with Crippen LogP contribution in [0.25, 0.3) is 38.8 Å². The van der Waals surface area contributed by atoms with Crippen LogP contribution in [0.1, 0.15) is 35.4 Å². The number of β-amino-alcohol motifs (C(OH)–C–C–N with tert-alkyl or cyclic N) is 1. The van der Waals surface area contributed by atoms with Gasteiger partial charge in [0.05, 0.1) is 54.7 Å². The summed E-state index contributed by atoms with van der Waals surface area (Å²) in [6.45, 7) is 4.91. The Hall–Kier alpha value is -5.70. The Balaban J connectivity index is 1.10. The number of ether oxygens (including phenoxy) is 2. The van der Waals surface area contributed by atoms with Gasteiger partial charge in [0.15, 0.2) is 11.6 Å². The summed E-state index contributed by atoms with van der Waals surface area (Å²) >= 11 is 0. The highest BCUT2D eigenvalue weighted by Gasteiger charge is 2.28. The van der Waals surface area contributed by atoms with Crippen LogP contribution >= 0.6 is 0 Å². The third-order valence-corrected chi connectivity index (χ3v) is 10.7. The van der Waals surface area contributed by atoms with E-state index >= 15 is 0 Å². The Morgan fingerprint density at radius 2 is 1.69 bits per heavy atom. The zero-order chi connectivity index (χ0) is 38.2. The van der Waals surface area contributed by atoms with Crippen molar-refractivity contribution in [3.05, 3.63) is 89.5 Å². The van der Waals surface area contributed by atoms with Crippen molar-refractivity contribution in [2.75, 3.05) is 45.7 Å². The maximum Gasteiger partial charge on any atom is 0.307 e. The van der Waals surface area contributed by atoms with E-state index in [9.17, 15) is 19.4 Å². The molecule has 2 aliphatic heterocycles. The number of pyridine rings is 1. The van der Waals surface area contributed by atoms with Crippen molar-refractivity contribution in [1.29, 1.82) is 0 Å². The molecule has 0 aliphatic carbocycles. The number of rotatable bonds is 12. The maximum atomic E-state index is 14.1. The van der Waals surface area contributed by atoms with Gasteiger partial charge in [-0.15, -0.1) is 0 Å². The first-order valence-corrected chi connectivity index (χ1v) is 18.4. The maximum absolute atomic E-state index is 14.1. The normalized spacial score (nSPS) is 17.7. The molecule has 3 aromatic heterocycles. The summed E-state index contributed by atoms with van der Waals surface area (Å²) in [4.78, 5) is 29.4. The lowest BCUT2D eigenvalue weighted by molar-refractivity contribution is -0.141. The van der Waals surface area contributed by atoms with Crippen molar-refractivity contribution in [1.82, 2.24) is 34.5 Å². The number of hydrogen-bond acceptors (Lipinski definition) is 11. The molecule has 5 heterocycles. The van der Waals surface area contributed by atoms with E-state index in [1.165, 1.54) is 0 Å². The number of carbonyl (C=O) groups is 1. The molecule has 6 aromatic rings. The number of aliphatic hydroxyl groups excluding tert-OH is 1. The van der Waals surface area contributed by atoms with Gasteiger partial charge in [-0.05, 0) is 66.8 Å². The summed E-state index contributed by atoms with van der Waals surface area (Å²) in [5, 5.41) is 28.7. The molecule has 13 nitrogen and oxygen atoms in total. The van der Waals surface area contributed by atoms with Crippen molar-refractivity contribution in [3.8, 4) is 28.3 Å². The fourth-order valence-corrected chi connectivity index (χ4v) is 7.89. The first-order chi connectivity index (χ1) is 26.7. The number of aliphatic hydroxyl groups is 1. The van der Waals surface area contributed by atoms with Crippen LogP contribution < -0.4 is 14.8 Å². The number of methoxy groups -OCH3 is 2. The Bertz CT molecular complexity index is 2380.